The Labute approximate surface area is 148 Å². The fourth-order valence-electron chi connectivity index (χ4n) is 1.95. The number of ether oxygens (including phenoxy) is 2. The van der Waals surface area contributed by atoms with Gasteiger partial charge in [-0.05, 0) is 37.0 Å². The van der Waals surface area contributed by atoms with Gasteiger partial charge < -0.3 is 14.6 Å². The summed E-state index contributed by atoms with van der Waals surface area (Å²) in [6.45, 7) is 3.09. The number of rotatable bonds is 9. The second-order valence-corrected chi connectivity index (χ2v) is 5.30. The number of carbonyl (C=O) groups is 2. The molecule has 0 aliphatic carbocycles. The standard InChI is InChI=1S/C20H24O5/c1-16(21)24-14-10-8-6-4-3-5-7-9-11-18-12-13-19(23)20(15-18)25-17(2)22/h3-8,12-13,15,23H,9-11,14H2,1-2H3/b4-3+,7-5+,8-6+. The van der Waals surface area contributed by atoms with Crippen molar-refractivity contribution in [2.45, 2.75) is 33.1 Å². The van der Waals surface area contributed by atoms with Crippen molar-refractivity contribution in [3.05, 3.63) is 60.2 Å². The van der Waals surface area contributed by atoms with Crippen molar-refractivity contribution in [1.82, 2.24) is 0 Å². The van der Waals surface area contributed by atoms with Gasteiger partial charge in [0, 0.05) is 13.8 Å². The minimum absolute atomic E-state index is 0.0436. The minimum Gasteiger partial charge on any atom is -0.504 e. The minimum atomic E-state index is -0.460. The van der Waals surface area contributed by atoms with Crippen LogP contribution in [0.15, 0.2) is 54.7 Å². The topological polar surface area (TPSA) is 72.8 Å². The van der Waals surface area contributed by atoms with Crippen LogP contribution < -0.4 is 4.74 Å². The maximum atomic E-state index is 11.0. The predicted octanol–water partition coefficient (Wildman–Crippen LogP) is 3.87. The van der Waals surface area contributed by atoms with Gasteiger partial charge in [0.2, 0.25) is 0 Å². The van der Waals surface area contributed by atoms with E-state index in [0.29, 0.717) is 13.0 Å². The van der Waals surface area contributed by atoms with Gasteiger partial charge in [-0.2, -0.15) is 0 Å². The van der Waals surface area contributed by atoms with Crippen LogP contribution in [0.5, 0.6) is 11.5 Å². The van der Waals surface area contributed by atoms with Crippen LogP contribution in [0.2, 0.25) is 0 Å². The van der Waals surface area contributed by atoms with Gasteiger partial charge in [-0.15, -0.1) is 0 Å². The highest BCUT2D eigenvalue weighted by Gasteiger charge is 2.06. The van der Waals surface area contributed by atoms with E-state index in [1.807, 2.05) is 36.5 Å². The van der Waals surface area contributed by atoms with Crippen molar-refractivity contribution in [3.8, 4) is 11.5 Å². The Bertz CT molecular complexity index is 656. The van der Waals surface area contributed by atoms with E-state index in [1.165, 1.54) is 19.9 Å². The highest BCUT2D eigenvalue weighted by molar-refractivity contribution is 5.70. The molecule has 0 aromatic heterocycles. The number of hydrogen-bond donors (Lipinski definition) is 1. The molecule has 0 aliphatic heterocycles. The predicted molar refractivity (Wildman–Crippen MR) is 96.4 cm³/mol. The van der Waals surface area contributed by atoms with Crippen LogP contribution in [0.3, 0.4) is 0 Å². The Hall–Kier alpha value is -2.82. The van der Waals surface area contributed by atoms with E-state index in [2.05, 4.69) is 0 Å². The molecule has 0 amide bonds. The molecule has 1 aromatic rings. The van der Waals surface area contributed by atoms with Gasteiger partial charge in [0.05, 0.1) is 6.61 Å². The largest absolute Gasteiger partial charge is 0.504 e. The van der Waals surface area contributed by atoms with Gasteiger partial charge in [0.15, 0.2) is 11.5 Å². The van der Waals surface area contributed by atoms with Crippen LogP contribution in [0.1, 0.15) is 32.3 Å². The van der Waals surface area contributed by atoms with Crippen molar-refractivity contribution in [3.63, 3.8) is 0 Å². The number of aromatic hydroxyl groups is 1. The molecule has 1 rings (SSSR count). The maximum Gasteiger partial charge on any atom is 0.308 e. The van der Waals surface area contributed by atoms with Crippen LogP contribution in [-0.2, 0) is 20.7 Å². The van der Waals surface area contributed by atoms with Gasteiger partial charge in [0.25, 0.3) is 0 Å². The highest BCUT2D eigenvalue weighted by atomic mass is 16.5. The van der Waals surface area contributed by atoms with Crippen LogP contribution >= 0.6 is 0 Å². The SMILES string of the molecule is CC(=O)OCC/C=C/C=C/C=C/CCc1ccc(O)c(OC(C)=O)c1. The molecule has 0 saturated heterocycles. The molecule has 5 nitrogen and oxygen atoms in total. The summed E-state index contributed by atoms with van der Waals surface area (Å²) in [6, 6.07) is 5.00. The molecule has 1 aromatic carbocycles. The zero-order valence-electron chi connectivity index (χ0n) is 14.6. The highest BCUT2D eigenvalue weighted by Crippen LogP contribution is 2.27. The summed E-state index contributed by atoms with van der Waals surface area (Å²) in [4.78, 5) is 21.5. The number of esters is 2. The summed E-state index contributed by atoms with van der Waals surface area (Å²) in [6.07, 6.45) is 13.9. The number of benzene rings is 1. The fraction of sp³-hybridized carbons (Fsp3) is 0.300. The molecule has 1 N–H and O–H groups in total. The lowest BCUT2D eigenvalue weighted by Gasteiger charge is -2.06. The third kappa shape index (κ3) is 9.81. The van der Waals surface area contributed by atoms with Crippen LogP contribution in [-0.4, -0.2) is 23.7 Å². The third-order valence-corrected chi connectivity index (χ3v) is 3.07. The molecule has 0 heterocycles. The van der Waals surface area contributed by atoms with E-state index in [1.54, 1.807) is 12.1 Å². The molecule has 0 aliphatic rings. The first-order valence-corrected chi connectivity index (χ1v) is 8.11. The lowest BCUT2D eigenvalue weighted by atomic mass is 10.1. The first kappa shape index (κ1) is 20.2. The van der Waals surface area contributed by atoms with Crippen LogP contribution in [0, 0.1) is 0 Å². The quantitative estimate of drug-likeness (QED) is 0.319. The van der Waals surface area contributed by atoms with E-state index >= 15 is 0 Å². The third-order valence-electron chi connectivity index (χ3n) is 3.07. The number of phenols is 1. The molecule has 134 valence electrons. The van der Waals surface area contributed by atoms with Gasteiger partial charge in [-0.1, -0.05) is 42.5 Å². The van der Waals surface area contributed by atoms with E-state index in [0.717, 1.165) is 18.4 Å². The molecule has 0 saturated carbocycles. The second kappa shape index (κ2) is 11.7. The first-order chi connectivity index (χ1) is 12.0. The Balaban J connectivity index is 2.31. The lowest BCUT2D eigenvalue weighted by Crippen LogP contribution is -2.02. The van der Waals surface area contributed by atoms with Gasteiger partial charge in [0.1, 0.15) is 0 Å². The number of phenolic OH excluding ortho intramolecular Hbond substituents is 1. The number of hydrogen-bond acceptors (Lipinski definition) is 5. The first-order valence-electron chi connectivity index (χ1n) is 8.11. The molecule has 0 radical (unpaired) electrons. The fourth-order valence-corrected chi connectivity index (χ4v) is 1.95. The summed E-state index contributed by atoms with van der Waals surface area (Å²) in [7, 11) is 0. The number of allylic oxidation sites excluding steroid dienone is 5. The van der Waals surface area contributed by atoms with Crippen LogP contribution in [0.25, 0.3) is 0 Å². The Morgan fingerprint density at radius 1 is 1.00 bits per heavy atom. The maximum absolute atomic E-state index is 11.0. The summed E-state index contributed by atoms with van der Waals surface area (Å²) in [5.41, 5.74) is 0.980. The smallest absolute Gasteiger partial charge is 0.308 e. The molecule has 25 heavy (non-hydrogen) atoms. The van der Waals surface area contributed by atoms with Gasteiger partial charge in [-0.25, -0.2) is 0 Å². The molecule has 0 unspecified atom stereocenters. The summed E-state index contributed by atoms with van der Waals surface area (Å²) in [5.74, 6) is -0.579. The van der Waals surface area contributed by atoms with Crippen molar-refractivity contribution in [2.24, 2.45) is 0 Å². The second-order valence-electron chi connectivity index (χ2n) is 5.30. The van der Waals surface area contributed by atoms with Crippen molar-refractivity contribution >= 4 is 11.9 Å². The van der Waals surface area contributed by atoms with Crippen LogP contribution in [0.4, 0.5) is 0 Å². The molecular weight excluding hydrogens is 320 g/mol. The Kier molecular flexibility index (Phi) is 9.45. The Morgan fingerprint density at radius 2 is 1.68 bits per heavy atom. The van der Waals surface area contributed by atoms with Crippen molar-refractivity contribution in [1.29, 1.82) is 0 Å². The van der Waals surface area contributed by atoms with Crippen molar-refractivity contribution in [2.75, 3.05) is 6.61 Å². The molecular formula is C20H24O5. The van der Waals surface area contributed by atoms with E-state index in [-0.39, 0.29) is 17.5 Å². The molecule has 0 bridgehead atoms. The van der Waals surface area contributed by atoms with E-state index < -0.39 is 5.97 Å². The zero-order valence-corrected chi connectivity index (χ0v) is 14.6. The summed E-state index contributed by atoms with van der Waals surface area (Å²) < 4.78 is 9.75. The van der Waals surface area contributed by atoms with Gasteiger partial charge in [-0.3, -0.25) is 9.59 Å². The summed E-state index contributed by atoms with van der Waals surface area (Å²) in [5, 5.41) is 9.63. The normalized spacial score (nSPS) is 11.4. The average Bonchev–Trinajstić information content (AvgIpc) is 2.54. The average molecular weight is 344 g/mol. The van der Waals surface area contributed by atoms with E-state index in [9.17, 15) is 14.7 Å². The molecule has 0 spiro atoms. The number of carbonyl (C=O) groups excluding carboxylic acids is 2. The monoisotopic (exact) mass is 344 g/mol. The Morgan fingerprint density at radius 3 is 2.32 bits per heavy atom. The van der Waals surface area contributed by atoms with E-state index in [4.69, 9.17) is 9.47 Å². The molecule has 0 fully saturated rings. The molecule has 0 atom stereocenters. The zero-order chi connectivity index (χ0) is 18.5. The van der Waals surface area contributed by atoms with Gasteiger partial charge >= 0.3 is 11.9 Å². The summed E-state index contributed by atoms with van der Waals surface area (Å²) >= 11 is 0. The lowest BCUT2D eigenvalue weighted by molar-refractivity contribution is -0.140. The number of aryl methyl sites for hydroxylation is 1. The molecule has 5 heteroatoms. The van der Waals surface area contributed by atoms with Crippen molar-refractivity contribution < 1.29 is 24.2 Å².